The lowest BCUT2D eigenvalue weighted by atomic mass is 9.94. The van der Waals surface area contributed by atoms with Crippen LogP contribution < -0.4 is 0 Å². The molecule has 0 radical (unpaired) electrons. The van der Waals surface area contributed by atoms with Gasteiger partial charge in [-0.1, -0.05) is 0 Å². The van der Waals surface area contributed by atoms with Crippen LogP contribution in [0.15, 0.2) is 24.3 Å². The van der Waals surface area contributed by atoms with E-state index in [2.05, 4.69) is 0 Å². The van der Waals surface area contributed by atoms with E-state index in [-0.39, 0.29) is 23.5 Å². The molecule has 1 unspecified atom stereocenters. The molecule has 27 heavy (non-hydrogen) atoms. The summed E-state index contributed by atoms with van der Waals surface area (Å²) in [6.07, 6.45) is 2.99. The van der Waals surface area contributed by atoms with E-state index in [0.29, 0.717) is 57.8 Å². The van der Waals surface area contributed by atoms with Gasteiger partial charge in [-0.25, -0.2) is 4.39 Å². The molecule has 0 aromatic heterocycles. The summed E-state index contributed by atoms with van der Waals surface area (Å²) in [7, 11) is 0. The van der Waals surface area contributed by atoms with Crippen molar-refractivity contribution in [1.29, 1.82) is 0 Å². The molecule has 3 fully saturated rings. The van der Waals surface area contributed by atoms with Crippen LogP contribution in [-0.4, -0.2) is 66.8 Å². The highest BCUT2D eigenvalue weighted by Crippen LogP contribution is 2.32. The van der Waals surface area contributed by atoms with Crippen LogP contribution in [0, 0.1) is 11.7 Å². The predicted octanol–water partition coefficient (Wildman–Crippen LogP) is 2.04. The largest absolute Gasteiger partial charge is 0.347 e. The van der Waals surface area contributed by atoms with Crippen molar-refractivity contribution in [2.24, 2.45) is 5.92 Å². The standard InChI is InChI=1S/C20H25FN2O4/c21-17-5-3-15(4-6-17)18(24)23-9-1-2-16(14-23)19(25)22-10-7-20(8-11-22)26-12-13-27-20/h3-6,16H,1-2,7-14H2. The summed E-state index contributed by atoms with van der Waals surface area (Å²) < 4.78 is 24.5. The summed E-state index contributed by atoms with van der Waals surface area (Å²) in [6.45, 7) is 3.55. The Bertz CT molecular complexity index is 692. The van der Waals surface area contributed by atoms with Crippen LogP contribution in [0.1, 0.15) is 36.0 Å². The molecule has 7 heteroatoms. The molecule has 1 aromatic rings. The molecule has 0 aliphatic carbocycles. The minimum atomic E-state index is -0.492. The first-order valence-electron chi connectivity index (χ1n) is 9.68. The molecule has 1 atom stereocenters. The summed E-state index contributed by atoms with van der Waals surface area (Å²) >= 11 is 0. The zero-order valence-electron chi connectivity index (χ0n) is 15.4. The molecule has 0 N–H and O–H groups in total. The molecule has 4 rings (SSSR count). The zero-order chi connectivity index (χ0) is 18.9. The summed E-state index contributed by atoms with van der Waals surface area (Å²) in [5.74, 6) is -1.07. The number of hydrogen-bond donors (Lipinski definition) is 0. The fourth-order valence-electron chi connectivity index (χ4n) is 4.25. The number of likely N-dealkylation sites (tertiary alicyclic amines) is 2. The molecule has 0 bridgehead atoms. The number of piperidine rings is 2. The minimum absolute atomic E-state index is 0.111. The number of amides is 2. The first kappa shape index (κ1) is 18.4. The Morgan fingerprint density at radius 1 is 1.00 bits per heavy atom. The van der Waals surface area contributed by atoms with Gasteiger partial charge in [-0.05, 0) is 37.1 Å². The van der Waals surface area contributed by atoms with Gasteiger partial charge >= 0.3 is 0 Å². The molecule has 3 heterocycles. The average molecular weight is 376 g/mol. The highest BCUT2D eigenvalue weighted by Gasteiger charge is 2.42. The van der Waals surface area contributed by atoms with Crippen molar-refractivity contribution in [1.82, 2.24) is 9.80 Å². The van der Waals surface area contributed by atoms with Gasteiger partial charge in [-0.15, -0.1) is 0 Å². The Morgan fingerprint density at radius 3 is 2.33 bits per heavy atom. The highest BCUT2D eigenvalue weighted by atomic mass is 19.1. The maximum absolute atomic E-state index is 13.1. The van der Waals surface area contributed by atoms with Crippen LogP contribution in [0.25, 0.3) is 0 Å². The van der Waals surface area contributed by atoms with Crippen molar-refractivity contribution in [2.45, 2.75) is 31.5 Å². The molecule has 6 nitrogen and oxygen atoms in total. The maximum atomic E-state index is 13.1. The summed E-state index contributed by atoms with van der Waals surface area (Å²) in [6, 6.07) is 5.57. The number of carbonyl (C=O) groups is 2. The van der Waals surface area contributed by atoms with E-state index < -0.39 is 5.79 Å². The smallest absolute Gasteiger partial charge is 0.253 e. The van der Waals surface area contributed by atoms with E-state index >= 15 is 0 Å². The molecular formula is C20H25FN2O4. The Hall–Kier alpha value is -1.99. The predicted molar refractivity (Wildman–Crippen MR) is 95.5 cm³/mol. The highest BCUT2D eigenvalue weighted by molar-refractivity contribution is 5.94. The van der Waals surface area contributed by atoms with Gasteiger partial charge in [0.15, 0.2) is 5.79 Å². The summed E-state index contributed by atoms with van der Waals surface area (Å²) in [4.78, 5) is 29.2. The van der Waals surface area contributed by atoms with E-state index in [1.165, 1.54) is 24.3 Å². The van der Waals surface area contributed by atoms with E-state index in [1.807, 2.05) is 4.90 Å². The van der Waals surface area contributed by atoms with Gasteiger partial charge in [0.05, 0.1) is 19.1 Å². The average Bonchev–Trinajstić information content (AvgIpc) is 3.16. The number of carbonyl (C=O) groups excluding carboxylic acids is 2. The SMILES string of the molecule is O=C(c1ccc(F)cc1)N1CCCC(C(=O)N2CCC3(CC2)OCCO3)C1. The van der Waals surface area contributed by atoms with Gasteiger partial charge in [0, 0.05) is 44.6 Å². The Labute approximate surface area is 158 Å². The monoisotopic (exact) mass is 376 g/mol. The van der Waals surface area contributed by atoms with Crippen LogP contribution in [0.2, 0.25) is 0 Å². The first-order chi connectivity index (χ1) is 13.1. The van der Waals surface area contributed by atoms with Crippen molar-refractivity contribution in [3.63, 3.8) is 0 Å². The first-order valence-corrected chi connectivity index (χ1v) is 9.68. The molecule has 2 amide bonds. The second kappa shape index (κ2) is 7.56. The lowest BCUT2D eigenvalue weighted by Gasteiger charge is -2.40. The van der Waals surface area contributed by atoms with Crippen LogP contribution in [0.3, 0.4) is 0 Å². The molecule has 1 spiro atoms. The van der Waals surface area contributed by atoms with Crippen LogP contribution in [0.5, 0.6) is 0 Å². The summed E-state index contributed by atoms with van der Waals surface area (Å²) in [5, 5.41) is 0. The Kier molecular flexibility index (Phi) is 5.14. The second-order valence-corrected chi connectivity index (χ2v) is 7.53. The fourth-order valence-corrected chi connectivity index (χ4v) is 4.25. The quantitative estimate of drug-likeness (QED) is 0.793. The fraction of sp³-hybridized carbons (Fsp3) is 0.600. The van der Waals surface area contributed by atoms with Crippen molar-refractivity contribution >= 4 is 11.8 Å². The van der Waals surface area contributed by atoms with E-state index in [9.17, 15) is 14.0 Å². The van der Waals surface area contributed by atoms with E-state index in [1.54, 1.807) is 4.90 Å². The third kappa shape index (κ3) is 3.84. The molecule has 3 aliphatic rings. The lowest BCUT2D eigenvalue weighted by molar-refractivity contribution is -0.188. The van der Waals surface area contributed by atoms with Gasteiger partial charge in [0.2, 0.25) is 5.91 Å². The molecule has 146 valence electrons. The lowest BCUT2D eigenvalue weighted by Crippen LogP contribution is -2.51. The second-order valence-electron chi connectivity index (χ2n) is 7.53. The third-order valence-electron chi connectivity index (χ3n) is 5.80. The molecule has 3 aliphatic heterocycles. The number of ether oxygens (including phenoxy) is 2. The summed E-state index contributed by atoms with van der Waals surface area (Å²) in [5.41, 5.74) is 0.458. The number of hydrogen-bond acceptors (Lipinski definition) is 4. The van der Waals surface area contributed by atoms with E-state index in [4.69, 9.17) is 9.47 Å². The molecule has 0 saturated carbocycles. The normalized spacial score (nSPS) is 25.0. The minimum Gasteiger partial charge on any atom is -0.347 e. The zero-order valence-corrected chi connectivity index (χ0v) is 15.4. The number of rotatable bonds is 2. The van der Waals surface area contributed by atoms with Crippen molar-refractivity contribution in [3.05, 3.63) is 35.6 Å². The van der Waals surface area contributed by atoms with Gasteiger partial charge < -0.3 is 19.3 Å². The molecule has 1 aromatic carbocycles. The maximum Gasteiger partial charge on any atom is 0.253 e. The Morgan fingerprint density at radius 2 is 1.67 bits per heavy atom. The van der Waals surface area contributed by atoms with Gasteiger partial charge in [0.1, 0.15) is 5.82 Å². The molecular weight excluding hydrogens is 351 g/mol. The van der Waals surface area contributed by atoms with Crippen molar-refractivity contribution in [3.8, 4) is 0 Å². The van der Waals surface area contributed by atoms with Crippen LogP contribution >= 0.6 is 0 Å². The van der Waals surface area contributed by atoms with Crippen molar-refractivity contribution in [2.75, 3.05) is 39.4 Å². The number of benzene rings is 1. The van der Waals surface area contributed by atoms with Crippen molar-refractivity contribution < 1.29 is 23.5 Å². The number of halogens is 1. The van der Waals surface area contributed by atoms with Gasteiger partial charge in [-0.2, -0.15) is 0 Å². The Balaban J connectivity index is 1.35. The topological polar surface area (TPSA) is 59.1 Å². The van der Waals surface area contributed by atoms with Crippen LogP contribution in [-0.2, 0) is 14.3 Å². The number of nitrogens with zero attached hydrogens (tertiary/aromatic N) is 2. The third-order valence-corrected chi connectivity index (χ3v) is 5.80. The van der Waals surface area contributed by atoms with Gasteiger partial charge in [0.25, 0.3) is 5.91 Å². The van der Waals surface area contributed by atoms with Gasteiger partial charge in [-0.3, -0.25) is 9.59 Å². The van der Waals surface area contributed by atoms with Crippen LogP contribution in [0.4, 0.5) is 4.39 Å². The molecule has 3 saturated heterocycles. The van der Waals surface area contributed by atoms with E-state index in [0.717, 1.165) is 12.8 Å².